The van der Waals surface area contributed by atoms with Crippen LogP contribution in [0, 0.1) is 5.41 Å². The number of ketones is 1. The van der Waals surface area contributed by atoms with Gasteiger partial charge in [-0.25, -0.2) is 0 Å². The molecule has 0 heterocycles. The molecule has 18 heavy (non-hydrogen) atoms. The molecule has 100 valence electrons. The van der Waals surface area contributed by atoms with Gasteiger partial charge in [-0.3, -0.25) is 4.79 Å². The predicted octanol–water partition coefficient (Wildman–Crippen LogP) is 3.54. The molecule has 0 amide bonds. The number of carbonyl (C=O) groups is 1. The van der Waals surface area contributed by atoms with Crippen molar-refractivity contribution in [2.45, 2.75) is 53.0 Å². The van der Waals surface area contributed by atoms with E-state index in [-0.39, 0.29) is 11.2 Å². The molecular weight excluding hydrogens is 222 g/mol. The number of carbonyl (C=O) groups excluding carboxylic acids is 1. The van der Waals surface area contributed by atoms with E-state index in [1.165, 1.54) is 0 Å². The van der Waals surface area contributed by atoms with Gasteiger partial charge in [0.2, 0.25) is 0 Å². The molecule has 2 heteroatoms. The van der Waals surface area contributed by atoms with Gasteiger partial charge in [-0.05, 0) is 43.9 Å². The summed E-state index contributed by atoms with van der Waals surface area (Å²) in [7, 11) is 0. The Labute approximate surface area is 111 Å². The molecule has 0 aromatic carbocycles. The summed E-state index contributed by atoms with van der Waals surface area (Å²) in [5.41, 5.74) is 8.13. The molecular formula is C16H25NO. The zero-order valence-corrected chi connectivity index (χ0v) is 12.3. The van der Waals surface area contributed by atoms with Crippen LogP contribution in [-0.4, -0.2) is 11.3 Å². The SMILES string of the molecule is C=C(C1=CC(C(=O)C(C)(C)C)=CCC1)C(C)(C)N. The van der Waals surface area contributed by atoms with Crippen molar-refractivity contribution in [3.05, 3.63) is 35.5 Å². The highest BCUT2D eigenvalue weighted by Gasteiger charge is 2.27. The van der Waals surface area contributed by atoms with Crippen LogP contribution in [0.2, 0.25) is 0 Å². The molecule has 0 unspecified atom stereocenters. The van der Waals surface area contributed by atoms with Gasteiger partial charge < -0.3 is 5.73 Å². The van der Waals surface area contributed by atoms with E-state index >= 15 is 0 Å². The maximum Gasteiger partial charge on any atom is 0.167 e. The summed E-state index contributed by atoms with van der Waals surface area (Å²) in [6, 6.07) is 0. The van der Waals surface area contributed by atoms with Crippen LogP contribution < -0.4 is 5.73 Å². The van der Waals surface area contributed by atoms with Crippen molar-refractivity contribution in [1.29, 1.82) is 0 Å². The van der Waals surface area contributed by atoms with Gasteiger partial charge in [-0.1, -0.05) is 33.4 Å². The van der Waals surface area contributed by atoms with Crippen LogP contribution in [0.25, 0.3) is 0 Å². The third kappa shape index (κ3) is 3.42. The highest BCUT2D eigenvalue weighted by molar-refractivity contribution is 6.02. The van der Waals surface area contributed by atoms with Crippen molar-refractivity contribution in [3.63, 3.8) is 0 Å². The summed E-state index contributed by atoms with van der Waals surface area (Å²) in [6.07, 6.45) is 5.79. The van der Waals surface area contributed by atoms with E-state index in [1.54, 1.807) is 0 Å². The molecule has 1 aliphatic carbocycles. The molecule has 0 saturated carbocycles. The Kier molecular flexibility index (Phi) is 4.02. The number of Topliss-reactive ketones (excluding diaryl/α,β-unsaturated/α-hetero) is 1. The largest absolute Gasteiger partial charge is 0.322 e. The Morgan fingerprint density at radius 2 is 1.83 bits per heavy atom. The van der Waals surface area contributed by atoms with Crippen molar-refractivity contribution in [3.8, 4) is 0 Å². The zero-order chi connectivity index (χ0) is 14.1. The quantitative estimate of drug-likeness (QED) is 0.829. The Balaban J connectivity index is 3.01. The molecule has 0 atom stereocenters. The van der Waals surface area contributed by atoms with Gasteiger partial charge in [0, 0.05) is 16.5 Å². The van der Waals surface area contributed by atoms with Crippen LogP contribution in [0.3, 0.4) is 0 Å². The first kappa shape index (κ1) is 14.9. The second-order valence-corrected chi connectivity index (χ2v) is 6.65. The van der Waals surface area contributed by atoms with E-state index in [4.69, 9.17) is 5.73 Å². The van der Waals surface area contributed by atoms with Crippen molar-refractivity contribution in [2.75, 3.05) is 0 Å². The molecule has 1 aliphatic rings. The number of rotatable bonds is 3. The van der Waals surface area contributed by atoms with E-state index < -0.39 is 5.54 Å². The molecule has 0 aliphatic heterocycles. The number of hydrogen-bond acceptors (Lipinski definition) is 2. The summed E-state index contributed by atoms with van der Waals surface area (Å²) in [4.78, 5) is 12.3. The van der Waals surface area contributed by atoms with Gasteiger partial charge >= 0.3 is 0 Å². The molecule has 2 N–H and O–H groups in total. The summed E-state index contributed by atoms with van der Waals surface area (Å²) in [5.74, 6) is 0.183. The minimum absolute atomic E-state index is 0.183. The van der Waals surface area contributed by atoms with Crippen LogP contribution in [0.1, 0.15) is 47.5 Å². The van der Waals surface area contributed by atoms with Crippen LogP contribution in [0.4, 0.5) is 0 Å². The van der Waals surface area contributed by atoms with Gasteiger partial charge in [-0.15, -0.1) is 0 Å². The monoisotopic (exact) mass is 247 g/mol. The summed E-state index contributed by atoms with van der Waals surface area (Å²) < 4.78 is 0. The molecule has 0 spiro atoms. The van der Waals surface area contributed by atoms with Crippen molar-refractivity contribution < 1.29 is 4.79 Å². The normalized spacial score (nSPS) is 17.0. The van der Waals surface area contributed by atoms with Crippen LogP contribution >= 0.6 is 0 Å². The molecule has 0 radical (unpaired) electrons. The fraction of sp³-hybridized carbons (Fsp3) is 0.562. The van der Waals surface area contributed by atoms with E-state index in [0.717, 1.165) is 29.6 Å². The average molecular weight is 247 g/mol. The minimum Gasteiger partial charge on any atom is -0.322 e. The Hall–Kier alpha value is -1.15. The fourth-order valence-electron chi connectivity index (χ4n) is 1.95. The van der Waals surface area contributed by atoms with Crippen LogP contribution in [0.5, 0.6) is 0 Å². The lowest BCUT2D eigenvalue weighted by Gasteiger charge is -2.27. The molecule has 2 nitrogen and oxygen atoms in total. The summed E-state index contributed by atoms with van der Waals surface area (Å²) in [6.45, 7) is 13.8. The summed E-state index contributed by atoms with van der Waals surface area (Å²) in [5, 5.41) is 0. The first-order valence-corrected chi connectivity index (χ1v) is 6.47. The lowest BCUT2D eigenvalue weighted by molar-refractivity contribution is -0.122. The summed E-state index contributed by atoms with van der Waals surface area (Å²) >= 11 is 0. The average Bonchev–Trinajstić information content (AvgIpc) is 2.24. The standard InChI is InChI=1S/C16H25NO/c1-11(16(5,6)17)12-8-7-9-13(10-12)14(18)15(2,3)4/h9-10H,1,7-8,17H2,2-6H3. The van der Waals surface area contributed by atoms with E-state index in [1.807, 2.05) is 46.8 Å². The molecule has 1 rings (SSSR count). The zero-order valence-electron chi connectivity index (χ0n) is 12.3. The van der Waals surface area contributed by atoms with Crippen LogP contribution in [-0.2, 0) is 4.79 Å². The van der Waals surface area contributed by atoms with Gasteiger partial charge in [0.1, 0.15) is 0 Å². The Morgan fingerprint density at radius 3 is 2.28 bits per heavy atom. The fourth-order valence-corrected chi connectivity index (χ4v) is 1.95. The van der Waals surface area contributed by atoms with Crippen molar-refractivity contribution >= 4 is 5.78 Å². The van der Waals surface area contributed by atoms with E-state index in [9.17, 15) is 4.79 Å². The Morgan fingerprint density at radius 1 is 1.28 bits per heavy atom. The lowest BCUT2D eigenvalue weighted by atomic mass is 9.80. The van der Waals surface area contributed by atoms with Gasteiger partial charge in [0.05, 0.1) is 0 Å². The number of nitrogens with two attached hydrogens (primary N) is 1. The highest BCUT2D eigenvalue weighted by atomic mass is 16.1. The van der Waals surface area contributed by atoms with E-state index in [2.05, 4.69) is 6.58 Å². The molecule has 0 bridgehead atoms. The van der Waals surface area contributed by atoms with Gasteiger partial charge in [0.25, 0.3) is 0 Å². The molecule has 0 saturated heterocycles. The highest BCUT2D eigenvalue weighted by Crippen LogP contribution is 2.31. The number of allylic oxidation sites excluding steroid dienone is 3. The lowest BCUT2D eigenvalue weighted by Crippen LogP contribution is -2.35. The number of hydrogen-bond donors (Lipinski definition) is 1. The molecule has 0 aromatic heterocycles. The Bertz CT molecular complexity index is 425. The van der Waals surface area contributed by atoms with Crippen LogP contribution in [0.15, 0.2) is 35.5 Å². The third-order valence-corrected chi connectivity index (χ3v) is 3.22. The predicted molar refractivity (Wildman–Crippen MR) is 77.3 cm³/mol. The van der Waals surface area contributed by atoms with Gasteiger partial charge in [0.15, 0.2) is 5.78 Å². The first-order valence-electron chi connectivity index (χ1n) is 6.47. The minimum atomic E-state index is -0.431. The van der Waals surface area contributed by atoms with E-state index in [0.29, 0.717) is 0 Å². The second kappa shape index (κ2) is 4.85. The molecule has 0 fully saturated rings. The first-order chi connectivity index (χ1) is 8.03. The maximum absolute atomic E-state index is 12.3. The maximum atomic E-state index is 12.3. The third-order valence-electron chi connectivity index (χ3n) is 3.22. The second-order valence-electron chi connectivity index (χ2n) is 6.65. The van der Waals surface area contributed by atoms with Crippen molar-refractivity contribution in [2.24, 2.45) is 11.1 Å². The van der Waals surface area contributed by atoms with Crippen molar-refractivity contribution in [1.82, 2.24) is 0 Å². The molecule has 0 aromatic rings. The topological polar surface area (TPSA) is 43.1 Å². The smallest absolute Gasteiger partial charge is 0.167 e. The van der Waals surface area contributed by atoms with Gasteiger partial charge in [-0.2, -0.15) is 0 Å².